The molecule has 0 saturated heterocycles. The number of rotatable bonds is 6. The van der Waals surface area contributed by atoms with Crippen molar-refractivity contribution in [1.82, 2.24) is 15.1 Å². The van der Waals surface area contributed by atoms with Gasteiger partial charge in [-0.3, -0.25) is 4.68 Å². The molecule has 1 aromatic heterocycles. The van der Waals surface area contributed by atoms with Crippen LogP contribution in [0.1, 0.15) is 56.0 Å². The van der Waals surface area contributed by atoms with E-state index in [2.05, 4.69) is 35.9 Å². The fourth-order valence-corrected chi connectivity index (χ4v) is 4.56. The van der Waals surface area contributed by atoms with Crippen molar-refractivity contribution in [1.29, 1.82) is 0 Å². The maximum absolute atomic E-state index is 11.7. The summed E-state index contributed by atoms with van der Waals surface area (Å²) in [4.78, 5) is 0. The summed E-state index contributed by atoms with van der Waals surface area (Å²) in [6, 6.07) is 0.293. The molecule has 1 aliphatic carbocycles. The lowest BCUT2D eigenvalue weighted by Gasteiger charge is -2.28. The normalized spacial score (nSPS) is 22.9. The molecule has 0 aromatic carbocycles. The van der Waals surface area contributed by atoms with E-state index in [-0.39, 0.29) is 5.25 Å². The third-order valence-corrected chi connectivity index (χ3v) is 6.41. The van der Waals surface area contributed by atoms with Gasteiger partial charge in [-0.05, 0) is 39.5 Å². The summed E-state index contributed by atoms with van der Waals surface area (Å²) < 4.78 is 25.6. The molecule has 0 spiro atoms. The van der Waals surface area contributed by atoms with Crippen LogP contribution in [0, 0.1) is 13.8 Å². The first-order chi connectivity index (χ1) is 10.3. The fraction of sp³-hybridized carbons (Fsp3) is 0.812. The summed E-state index contributed by atoms with van der Waals surface area (Å²) in [5.41, 5.74) is 3.56. The zero-order chi connectivity index (χ0) is 16.3. The van der Waals surface area contributed by atoms with Crippen LogP contribution in [0.15, 0.2) is 0 Å². The monoisotopic (exact) mass is 327 g/mol. The molecule has 22 heavy (non-hydrogen) atoms. The summed E-state index contributed by atoms with van der Waals surface area (Å²) in [5, 5.41) is 7.98. The molecule has 1 aliphatic rings. The highest BCUT2D eigenvalue weighted by molar-refractivity contribution is 7.91. The molecule has 2 atom stereocenters. The Balaban J connectivity index is 1.98. The van der Waals surface area contributed by atoms with Crippen LogP contribution >= 0.6 is 0 Å². The Morgan fingerprint density at radius 3 is 2.68 bits per heavy atom. The predicted molar refractivity (Wildman–Crippen MR) is 89.7 cm³/mol. The highest BCUT2D eigenvalue weighted by Gasteiger charge is 2.28. The molecule has 5 nitrogen and oxygen atoms in total. The quantitative estimate of drug-likeness (QED) is 0.871. The largest absolute Gasteiger partial charge is 0.310 e. The van der Waals surface area contributed by atoms with Crippen LogP contribution in [-0.4, -0.2) is 35.7 Å². The van der Waals surface area contributed by atoms with Crippen molar-refractivity contribution >= 4 is 9.84 Å². The predicted octanol–water partition coefficient (Wildman–Crippen LogP) is 2.36. The molecule has 0 unspecified atom stereocenters. The van der Waals surface area contributed by atoms with Crippen molar-refractivity contribution < 1.29 is 8.42 Å². The van der Waals surface area contributed by atoms with E-state index >= 15 is 0 Å². The minimum Gasteiger partial charge on any atom is -0.310 e. The van der Waals surface area contributed by atoms with Gasteiger partial charge in [-0.25, -0.2) is 8.42 Å². The average Bonchev–Trinajstić information content (AvgIpc) is 2.71. The molecule has 1 N–H and O–H groups in total. The van der Waals surface area contributed by atoms with Gasteiger partial charge in [0, 0.05) is 36.6 Å². The highest BCUT2D eigenvalue weighted by atomic mass is 32.2. The van der Waals surface area contributed by atoms with Crippen LogP contribution in [0.25, 0.3) is 0 Å². The van der Waals surface area contributed by atoms with Crippen LogP contribution in [0.5, 0.6) is 0 Å². The summed E-state index contributed by atoms with van der Waals surface area (Å²) in [6.07, 6.45) is 6.04. The smallest absolute Gasteiger partial charge is 0.150 e. The first-order valence-electron chi connectivity index (χ1n) is 8.28. The Kier molecular flexibility index (Phi) is 5.66. The van der Waals surface area contributed by atoms with E-state index in [4.69, 9.17) is 0 Å². The molecule has 1 heterocycles. The van der Waals surface area contributed by atoms with Crippen LogP contribution in [0.3, 0.4) is 0 Å². The van der Waals surface area contributed by atoms with Gasteiger partial charge in [0.25, 0.3) is 0 Å². The average molecular weight is 327 g/mol. The topological polar surface area (TPSA) is 64.0 Å². The number of hydrogen-bond acceptors (Lipinski definition) is 4. The number of sulfone groups is 1. The maximum Gasteiger partial charge on any atom is 0.150 e. The van der Waals surface area contributed by atoms with E-state index < -0.39 is 9.84 Å². The standard InChI is InChI=1S/C16H29N3O2S/c1-5-9-19-13(3)16(12(2)18-19)11-17-14-7-6-8-15(10-14)22(4,20)21/h14-15,17H,5-11H2,1-4H3/t14-,15-/m1/s1. The second-order valence-electron chi connectivity index (χ2n) is 6.57. The summed E-state index contributed by atoms with van der Waals surface area (Å²) >= 11 is 0. The molecule has 6 heteroatoms. The molecule has 1 saturated carbocycles. The molecule has 1 fully saturated rings. The number of nitrogens with zero attached hydrogens (tertiary/aromatic N) is 2. The minimum absolute atomic E-state index is 0.177. The summed E-state index contributed by atoms with van der Waals surface area (Å²) in [6.45, 7) is 8.06. The van der Waals surface area contributed by atoms with Crippen LogP contribution < -0.4 is 5.32 Å². The molecule has 126 valence electrons. The lowest BCUT2D eigenvalue weighted by molar-refractivity contribution is 0.370. The molecular formula is C16H29N3O2S. The first-order valence-corrected chi connectivity index (χ1v) is 10.2. The van der Waals surface area contributed by atoms with Gasteiger partial charge in [0.15, 0.2) is 0 Å². The second kappa shape index (κ2) is 7.13. The van der Waals surface area contributed by atoms with Crippen molar-refractivity contribution in [2.45, 2.75) is 77.3 Å². The van der Waals surface area contributed by atoms with Crippen LogP contribution in [0.4, 0.5) is 0 Å². The minimum atomic E-state index is -2.92. The van der Waals surface area contributed by atoms with Gasteiger partial charge in [0.05, 0.1) is 10.9 Å². The zero-order valence-electron chi connectivity index (χ0n) is 14.2. The van der Waals surface area contributed by atoms with Gasteiger partial charge >= 0.3 is 0 Å². The number of aryl methyl sites for hydroxylation is 2. The third-order valence-electron chi connectivity index (χ3n) is 4.77. The third kappa shape index (κ3) is 4.10. The lowest BCUT2D eigenvalue weighted by Crippen LogP contribution is -2.38. The molecule has 1 aromatic rings. The first kappa shape index (κ1) is 17.5. The molecule has 0 bridgehead atoms. The Morgan fingerprint density at radius 1 is 1.32 bits per heavy atom. The second-order valence-corrected chi connectivity index (χ2v) is 8.89. The Bertz CT molecular complexity index is 607. The Morgan fingerprint density at radius 2 is 2.05 bits per heavy atom. The Labute approximate surface area is 134 Å². The van der Waals surface area contributed by atoms with Crippen molar-refractivity contribution in [3.63, 3.8) is 0 Å². The van der Waals surface area contributed by atoms with Crippen molar-refractivity contribution in [2.24, 2.45) is 0 Å². The van der Waals surface area contributed by atoms with Gasteiger partial charge < -0.3 is 5.32 Å². The summed E-state index contributed by atoms with van der Waals surface area (Å²) in [5.74, 6) is 0. The van der Waals surface area contributed by atoms with Crippen LogP contribution in [0.2, 0.25) is 0 Å². The van der Waals surface area contributed by atoms with Gasteiger partial charge in [-0.1, -0.05) is 13.3 Å². The summed E-state index contributed by atoms with van der Waals surface area (Å²) in [7, 11) is -2.92. The maximum atomic E-state index is 11.7. The van der Waals surface area contributed by atoms with Crippen molar-refractivity contribution in [2.75, 3.05) is 6.26 Å². The van der Waals surface area contributed by atoms with Gasteiger partial charge in [-0.15, -0.1) is 0 Å². The Hall–Kier alpha value is -0.880. The van der Waals surface area contributed by atoms with Gasteiger partial charge in [-0.2, -0.15) is 5.10 Å². The number of aromatic nitrogens is 2. The van der Waals surface area contributed by atoms with Crippen molar-refractivity contribution in [3.8, 4) is 0 Å². The van der Waals surface area contributed by atoms with E-state index in [0.29, 0.717) is 6.04 Å². The SMILES string of the molecule is CCCn1nc(C)c(CN[C@@H]2CCC[C@@H](S(C)(=O)=O)C2)c1C. The molecular weight excluding hydrogens is 298 g/mol. The van der Waals surface area contributed by atoms with E-state index in [9.17, 15) is 8.42 Å². The fourth-order valence-electron chi connectivity index (χ4n) is 3.38. The number of hydrogen-bond donors (Lipinski definition) is 1. The van der Waals surface area contributed by atoms with E-state index in [1.807, 2.05) is 0 Å². The van der Waals surface area contributed by atoms with Gasteiger partial charge in [0.2, 0.25) is 0 Å². The molecule has 2 rings (SSSR count). The van der Waals surface area contributed by atoms with Crippen molar-refractivity contribution in [3.05, 3.63) is 17.0 Å². The van der Waals surface area contributed by atoms with E-state index in [1.165, 1.54) is 17.5 Å². The van der Waals surface area contributed by atoms with E-state index in [1.54, 1.807) is 0 Å². The molecule has 0 aliphatic heterocycles. The van der Waals surface area contributed by atoms with E-state index in [0.717, 1.165) is 50.9 Å². The van der Waals surface area contributed by atoms with Gasteiger partial charge in [0.1, 0.15) is 9.84 Å². The molecule has 0 radical (unpaired) electrons. The number of nitrogens with one attached hydrogen (secondary N) is 1. The highest BCUT2D eigenvalue weighted by Crippen LogP contribution is 2.24. The van der Waals surface area contributed by atoms with Crippen LogP contribution in [-0.2, 0) is 22.9 Å². The zero-order valence-corrected chi connectivity index (χ0v) is 15.0. The molecule has 0 amide bonds. The lowest BCUT2D eigenvalue weighted by atomic mass is 9.94.